The first kappa shape index (κ1) is 11.9. The predicted molar refractivity (Wildman–Crippen MR) is 70.8 cm³/mol. The lowest BCUT2D eigenvalue weighted by Gasteiger charge is -2.26. The van der Waals surface area contributed by atoms with Crippen LogP contribution in [0.25, 0.3) is 0 Å². The quantitative estimate of drug-likeness (QED) is 0.808. The first-order valence-corrected chi connectivity index (χ1v) is 7.06. The average molecular weight is 246 g/mol. The highest BCUT2D eigenvalue weighted by Gasteiger charge is 2.38. The molecule has 2 bridgehead atoms. The van der Waals surface area contributed by atoms with Crippen LogP contribution in [0.3, 0.4) is 0 Å². The van der Waals surface area contributed by atoms with Crippen LogP contribution < -0.4 is 5.32 Å². The molecule has 1 aromatic heterocycles. The number of allylic oxidation sites excluding steroid dienone is 2. The van der Waals surface area contributed by atoms with E-state index in [1.165, 1.54) is 12.8 Å². The predicted octanol–water partition coefficient (Wildman–Crippen LogP) is 1.99. The third-order valence-electron chi connectivity index (χ3n) is 4.59. The third kappa shape index (κ3) is 2.09. The summed E-state index contributed by atoms with van der Waals surface area (Å²) in [6, 6.07) is 0.562. The molecule has 0 aromatic carbocycles. The molecule has 1 fully saturated rings. The van der Waals surface area contributed by atoms with Crippen molar-refractivity contribution in [3.8, 4) is 0 Å². The Morgan fingerprint density at radius 3 is 3.00 bits per heavy atom. The van der Waals surface area contributed by atoms with E-state index in [0.29, 0.717) is 6.04 Å². The second-order valence-corrected chi connectivity index (χ2v) is 5.65. The van der Waals surface area contributed by atoms with Gasteiger partial charge in [0, 0.05) is 12.6 Å². The Bertz CT molecular complexity index is 437. The smallest absolute Gasteiger partial charge is 0.146 e. The Morgan fingerprint density at radius 1 is 1.44 bits per heavy atom. The van der Waals surface area contributed by atoms with E-state index in [9.17, 15) is 0 Å². The zero-order chi connectivity index (χ0) is 12.5. The number of hydrogen-bond donors (Lipinski definition) is 1. The van der Waals surface area contributed by atoms with Crippen LogP contribution in [0.4, 0.5) is 0 Å². The molecule has 2 aliphatic carbocycles. The Morgan fingerprint density at radius 2 is 2.33 bits per heavy atom. The topological polar surface area (TPSA) is 42.7 Å². The molecule has 4 heteroatoms. The van der Waals surface area contributed by atoms with Gasteiger partial charge in [-0.2, -0.15) is 0 Å². The van der Waals surface area contributed by atoms with Crippen molar-refractivity contribution in [3.63, 3.8) is 0 Å². The monoisotopic (exact) mass is 246 g/mol. The van der Waals surface area contributed by atoms with E-state index in [-0.39, 0.29) is 0 Å². The van der Waals surface area contributed by atoms with Gasteiger partial charge in [0.1, 0.15) is 12.2 Å². The van der Waals surface area contributed by atoms with Crippen molar-refractivity contribution in [2.75, 3.05) is 0 Å². The molecule has 1 saturated carbocycles. The molecule has 4 nitrogen and oxygen atoms in total. The van der Waals surface area contributed by atoms with Gasteiger partial charge in [0.25, 0.3) is 0 Å². The van der Waals surface area contributed by atoms with Crippen LogP contribution in [0, 0.1) is 17.8 Å². The van der Waals surface area contributed by atoms with Gasteiger partial charge in [-0.25, -0.2) is 0 Å². The van der Waals surface area contributed by atoms with Crippen LogP contribution in [0.5, 0.6) is 0 Å². The van der Waals surface area contributed by atoms with Crippen molar-refractivity contribution in [2.45, 2.75) is 45.8 Å². The largest absolute Gasteiger partial charge is 0.317 e. The number of nitrogens with one attached hydrogen (secondary N) is 1. The maximum atomic E-state index is 4.17. The van der Waals surface area contributed by atoms with Gasteiger partial charge in [0.05, 0.1) is 6.54 Å². The molecule has 2 aliphatic rings. The molecule has 1 N–H and O–H groups in total. The fourth-order valence-corrected chi connectivity index (χ4v) is 3.48. The van der Waals surface area contributed by atoms with Gasteiger partial charge in [-0.1, -0.05) is 12.2 Å². The number of rotatable bonds is 5. The molecule has 4 atom stereocenters. The third-order valence-corrected chi connectivity index (χ3v) is 4.59. The SMILES string of the molecule is CCn1cnnc1CNC(C)C1CC2C=CC1C2. The molecule has 0 saturated heterocycles. The summed E-state index contributed by atoms with van der Waals surface area (Å²) < 4.78 is 2.10. The summed E-state index contributed by atoms with van der Waals surface area (Å²) in [4.78, 5) is 0. The van der Waals surface area contributed by atoms with Crippen LogP contribution in [0.2, 0.25) is 0 Å². The maximum Gasteiger partial charge on any atom is 0.146 e. The molecule has 1 heterocycles. The highest BCUT2D eigenvalue weighted by atomic mass is 15.3. The Balaban J connectivity index is 1.56. The summed E-state index contributed by atoms with van der Waals surface area (Å²) in [6.45, 7) is 6.20. The van der Waals surface area contributed by atoms with E-state index in [1.54, 1.807) is 0 Å². The Labute approximate surface area is 108 Å². The first-order valence-electron chi connectivity index (χ1n) is 7.06. The molecule has 0 aliphatic heterocycles. The van der Waals surface area contributed by atoms with Crippen molar-refractivity contribution < 1.29 is 0 Å². The molecule has 1 aromatic rings. The standard InChI is InChI=1S/C14H22N4/c1-3-18-9-16-17-14(18)8-15-10(2)13-7-11-4-5-12(13)6-11/h4-5,9-13,15H,3,6-8H2,1-2H3. The average Bonchev–Trinajstić information content (AvgIpc) is 3.10. The van der Waals surface area contributed by atoms with E-state index < -0.39 is 0 Å². The second kappa shape index (κ2) is 4.84. The summed E-state index contributed by atoms with van der Waals surface area (Å²) in [7, 11) is 0. The summed E-state index contributed by atoms with van der Waals surface area (Å²) in [5, 5.41) is 11.8. The summed E-state index contributed by atoms with van der Waals surface area (Å²) >= 11 is 0. The van der Waals surface area contributed by atoms with Crippen LogP contribution in [0.15, 0.2) is 18.5 Å². The van der Waals surface area contributed by atoms with Crippen molar-refractivity contribution in [1.82, 2.24) is 20.1 Å². The number of aryl methyl sites for hydroxylation is 1. The van der Waals surface area contributed by atoms with Gasteiger partial charge in [-0.05, 0) is 44.4 Å². The molecule has 98 valence electrons. The van der Waals surface area contributed by atoms with Crippen LogP contribution in [-0.2, 0) is 13.1 Å². The van der Waals surface area contributed by atoms with Gasteiger partial charge in [0.15, 0.2) is 0 Å². The van der Waals surface area contributed by atoms with Crippen molar-refractivity contribution in [2.24, 2.45) is 17.8 Å². The van der Waals surface area contributed by atoms with Gasteiger partial charge in [0.2, 0.25) is 0 Å². The molecular formula is C14H22N4. The summed E-state index contributed by atoms with van der Waals surface area (Å²) in [6.07, 6.45) is 9.37. The van der Waals surface area contributed by atoms with E-state index in [2.05, 4.69) is 46.1 Å². The Kier molecular flexibility index (Phi) is 3.20. The molecular weight excluding hydrogens is 224 g/mol. The summed E-state index contributed by atoms with van der Waals surface area (Å²) in [5.74, 6) is 3.51. The van der Waals surface area contributed by atoms with E-state index >= 15 is 0 Å². The lowest BCUT2D eigenvalue weighted by Crippen LogP contribution is -2.35. The minimum absolute atomic E-state index is 0.562. The van der Waals surface area contributed by atoms with Gasteiger partial charge < -0.3 is 9.88 Å². The minimum Gasteiger partial charge on any atom is -0.317 e. The van der Waals surface area contributed by atoms with Crippen molar-refractivity contribution in [3.05, 3.63) is 24.3 Å². The zero-order valence-electron chi connectivity index (χ0n) is 11.2. The fourth-order valence-electron chi connectivity index (χ4n) is 3.48. The molecule has 0 amide bonds. The van der Waals surface area contributed by atoms with Gasteiger partial charge in [-0.15, -0.1) is 10.2 Å². The normalized spacial score (nSPS) is 31.1. The summed E-state index contributed by atoms with van der Waals surface area (Å²) in [5.41, 5.74) is 0. The van der Waals surface area contributed by atoms with E-state index in [1.807, 2.05) is 6.33 Å². The molecule has 4 unspecified atom stereocenters. The van der Waals surface area contributed by atoms with Gasteiger partial charge >= 0.3 is 0 Å². The van der Waals surface area contributed by atoms with E-state index in [0.717, 1.165) is 36.7 Å². The molecule has 18 heavy (non-hydrogen) atoms. The van der Waals surface area contributed by atoms with Crippen LogP contribution in [0.1, 0.15) is 32.5 Å². The number of nitrogens with zero attached hydrogens (tertiary/aromatic N) is 3. The van der Waals surface area contributed by atoms with Crippen molar-refractivity contribution in [1.29, 1.82) is 0 Å². The molecule has 0 spiro atoms. The highest BCUT2D eigenvalue weighted by molar-refractivity contribution is 5.11. The highest BCUT2D eigenvalue weighted by Crippen LogP contribution is 2.44. The maximum absolute atomic E-state index is 4.17. The lowest BCUT2D eigenvalue weighted by atomic mass is 9.87. The molecule has 0 radical (unpaired) electrons. The Hall–Kier alpha value is -1.16. The van der Waals surface area contributed by atoms with Gasteiger partial charge in [-0.3, -0.25) is 0 Å². The zero-order valence-corrected chi connectivity index (χ0v) is 11.2. The number of aromatic nitrogens is 3. The fraction of sp³-hybridized carbons (Fsp3) is 0.714. The van der Waals surface area contributed by atoms with Crippen LogP contribution in [-0.4, -0.2) is 20.8 Å². The number of hydrogen-bond acceptors (Lipinski definition) is 3. The van der Waals surface area contributed by atoms with E-state index in [4.69, 9.17) is 0 Å². The molecule has 3 rings (SSSR count). The minimum atomic E-state index is 0.562. The lowest BCUT2D eigenvalue weighted by molar-refractivity contribution is 0.323. The second-order valence-electron chi connectivity index (χ2n) is 5.65. The first-order chi connectivity index (χ1) is 8.78. The van der Waals surface area contributed by atoms with Crippen LogP contribution >= 0.6 is 0 Å². The van der Waals surface area contributed by atoms with Crippen molar-refractivity contribution >= 4 is 0 Å². The number of fused-ring (bicyclic) bond motifs is 2.